The molecule has 0 aliphatic rings. The van der Waals surface area contributed by atoms with Crippen molar-refractivity contribution in [3.05, 3.63) is 33.2 Å². The molecule has 4 N–H and O–H groups in total. The van der Waals surface area contributed by atoms with E-state index in [-0.39, 0.29) is 0 Å². The van der Waals surface area contributed by atoms with Gasteiger partial charge in [-0.25, -0.2) is 14.8 Å². The van der Waals surface area contributed by atoms with E-state index in [4.69, 9.17) is 0 Å². The first kappa shape index (κ1) is 6.71. The molecule has 2 heterocycles. The molecule has 0 atom stereocenters. The summed E-state index contributed by atoms with van der Waals surface area (Å²) >= 11 is 0. The summed E-state index contributed by atoms with van der Waals surface area (Å²) in [6.07, 6.45) is 3.15. The molecule has 60 valence electrons. The van der Waals surface area contributed by atoms with E-state index >= 15 is 0 Å². The first-order valence-corrected chi connectivity index (χ1v) is 3.32. The lowest BCUT2D eigenvalue weighted by atomic mass is 10.5. The molecule has 6 heteroatoms. The van der Waals surface area contributed by atoms with E-state index in [0.29, 0.717) is 11.2 Å². The normalized spacial score (nSPS) is 10.3. The van der Waals surface area contributed by atoms with Gasteiger partial charge in [0.05, 0.1) is 0 Å². The van der Waals surface area contributed by atoms with E-state index in [1.807, 2.05) is 0 Å². The van der Waals surface area contributed by atoms with E-state index < -0.39 is 11.2 Å². The molecule has 0 bridgehead atoms. The fraction of sp³-hybridized carbons (Fsp3) is 0. The third-order valence-electron chi connectivity index (χ3n) is 1.48. The van der Waals surface area contributed by atoms with Gasteiger partial charge >= 0.3 is 22.4 Å². The summed E-state index contributed by atoms with van der Waals surface area (Å²) in [5.74, 6) is 0. The van der Waals surface area contributed by atoms with Gasteiger partial charge in [-0.3, -0.25) is 4.79 Å². The van der Waals surface area contributed by atoms with E-state index in [1.54, 1.807) is 12.4 Å². The largest absolute Gasteiger partial charge is 0.413 e. The minimum atomic E-state index is -0.525. The van der Waals surface area contributed by atoms with Gasteiger partial charge in [0, 0.05) is 0 Å². The lowest BCUT2D eigenvalue weighted by Gasteiger charge is -1.80. The third-order valence-corrected chi connectivity index (χ3v) is 1.48. The van der Waals surface area contributed by atoms with Crippen LogP contribution in [-0.4, -0.2) is 9.97 Å². The van der Waals surface area contributed by atoms with E-state index in [2.05, 4.69) is 19.9 Å². The number of aromatic nitrogens is 4. The highest BCUT2D eigenvalue weighted by Crippen LogP contribution is 1.81. The molecule has 2 rings (SSSR count). The van der Waals surface area contributed by atoms with Crippen LogP contribution >= 0.6 is 0 Å². The summed E-state index contributed by atoms with van der Waals surface area (Å²) in [5, 5.41) is 0. The zero-order valence-corrected chi connectivity index (χ0v) is 5.97. The van der Waals surface area contributed by atoms with Crippen molar-refractivity contribution in [3.8, 4) is 0 Å². The first-order valence-electron chi connectivity index (χ1n) is 3.32. The van der Waals surface area contributed by atoms with Gasteiger partial charge in [-0.05, 0) is 0 Å². The number of nitrogens with one attached hydrogen (secondary N) is 4. The SMILES string of the molecule is O=c1[nH]c(=O)c2[nH+]cc[nH+]c2[nH]1. The van der Waals surface area contributed by atoms with Crippen molar-refractivity contribution in [1.82, 2.24) is 9.97 Å². The summed E-state index contributed by atoms with van der Waals surface area (Å²) in [5.41, 5.74) is -0.266. The Hall–Kier alpha value is -1.98. The maximum Gasteiger partial charge on any atom is 0.413 e. The van der Waals surface area contributed by atoms with E-state index in [1.165, 1.54) is 0 Å². The second-order valence-corrected chi connectivity index (χ2v) is 2.28. The van der Waals surface area contributed by atoms with Gasteiger partial charge in [0.15, 0.2) is 6.20 Å². The minimum Gasteiger partial charge on any atom is -0.261 e. The lowest BCUT2D eigenvalue weighted by molar-refractivity contribution is -0.408. The van der Waals surface area contributed by atoms with Crippen molar-refractivity contribution >= 4 is 11.2 Å². The topological polar surface area (TPSA) is 94.0 Å². The lowest BCUT2D eigenvalue weighted by Crippen LogP contribution is -2.30. The summed E-state index contributed by atoms with van der Waals surface area (Å²) in [4.78, 5) is 31.8. The Morgan fingerprint density at radius 1 is 1.08 bits per heavy atom. The van der Waals surface area contributed by atoms with Crippen LogP contribution in [0.3, 0.4) is 0 Å². The second kappa shape index (κ2) is 2.26. The highest BCUT2D eigenvalue weighted by atomic mass is 16.2. The minimum absolute atomic E-state index is 0.317. The number of hydrogen-bond donors (Lipinski definition) is 2. The zero-order chi connectivity index (χ0) is 8.55. The molecular weight excluding hydrogens is 160 g/mol. The molecule has 12 heavy (non-hydrogen) atoms. The molecule has 0 saturated carbocycles. The molecule has 0 amide bonds. The number of rotatable bonds is 0. The van der Waals surface area contributed by atoms with Crippen molar-refractivity contribution in [3.63, 3.8) is 0 Å². The number of fused-ring (bicyclic) bond motifs is 1. The van der Waals surface area contributed by atoms with Gasteiger partial charge in [-0.2, -0.15) is 9.97 Å². The van der Waals surface area contributed by atoms with Gasteiger partial charge in [-0.15, -0.1) is 0 Å². The van der Waals surface area contributed by atoms with Crippen LogP contribution in [0, 0.1) is 0 Å². The predicted octanol–water partition coefficient (Wildman–Crippen LogP) is -2.16. The molecule has 0 fully saturated rings. The molecule has 0 radical (unpaired) electrons. The van der Waals surface area contributed by atoms with Gasteiger partial charge in [0.25, 0.3) is 0 Å². The Balaban J connectivity index is 3.09. The van der Waals surface area contributed by atoms with Crippen LogP contribution in [-0.2, 0) is 0 Å². The van der Waals surface area contributed by atoms with Crippen molar-refractivity contribution in [1.29, 1.82) is 0 Å². The number of aromatic amines is 4. The summed E-state index contributed by atoms with van der Waals surface area (Å²) in [6.45, 7) is 0. The fourth-order valence-electron chi connectivity index (χ4n) is 0.982. The predicted molar refractivity (Wildman–Crippen MR) is 38.3 cm³/mol. The molecular formula is C6H6N4O2+2. The Morgan fingerprint density at radius 3 is 2.67 bits per heavy atom. The summed E-state index contributed by atoms with van der Waals surface area (Å²) < 4.78 is 0. The second-order valence-electron chi connectivity index (χ2n) is 2.28. The Labute approximate surface area is 65.3 Å². The Morgan fingerprint density at radius 2 is 1.83 bits per heavy atom. The van der Waals surface area contributed by atoms with Crippen molar-refractivity contribution in [2.75, 3.05) is 0 Å². The average Bonchev–Trinajstić information content (AvgIpc) is 2.04. The van der Waals surface area contributed by atoms with Crippen LogP contribution in [0.5, 0.6) is 0 Å². The zero-order valence-electron chi connectivity index (χ0n) is 5.97. The highest BCUT2D eigenvalue weighted by Gasteiger charge is 2.11. The molecule has 0 saturated heterocycles. The van der Waals surface area contributed by atoms with Crippen molar-refractivity contribution in [2.45, 2.75) is 0 Å². The third kappa shape index (κ3) is 0.895. The van der Waals surface area contributed by atoms with Crippen LogP contribution in [0.2, 0.25) is 0 Å². The van der Waals surface area contributed by atoms with E-state index in [9.17, 15) is 9.59 Å². The van der Waals surface area contributed by atoms with E-state index in [0.717, 1.165) is 0 Å². The fourth-order valence-corrected chi connectivity index (χ4v) is 0.982. The molecule has 0 unspecified atom stereocenters. The first-order chi connectivity index (χ1) is 5.77. The standard InChI is InChI=1S/C6H4N4O2/c11-5-3-4(8-2-1-7-3)9-6(12)10-5/h1-2H,(H2,8,9,10,11,12)/p+2. The van der Waals surface area contributed by atoms with Crippen molar-refractivity contribution < 1.29 is 9.97 Å². The van der Waals surface area contributed by atoms with Crippen LogP contribution in [0.1, 0.15) is 0 Å². The quantitative estimate of drug-likeness (QED) is 0.466. The Bertz CT molecular complexity index is 527. The molecule has 2 aromatic rings. The summed E-state index contributed by atoms with van der Waals surface area (Å²) in [7, 11) is 0. The summed E-state index contributed by atoms with van der Waals surface area (Å²) in [6, 6.07) is 0. The van der Waals surface area contributed by atoms with Gasteiger partial charge in [0.2, 0.25) is 6.20 Å². The average molecular weight is 166 g/mol. The van der Waals surface area contributed by atoms with Crippen LogP contribution < -0.4 is 21.2 Å². The number of hydrogen-bond acceptors (Lipinski definition) is 2. The molecule has 0 aliphatic carbocycles. The van der Waals surface area contributed by atoms with Gasteiger partial charge in [-0.1, -0.05) is 0 Å². The number of H-pyrrole nitrogens is 4. The molecule has 6 nitrogen and oxygen atoms in total. The molecule has 0 spiro atoms. The highest BCUT2D eigenvalue weighted by molar-refractivity contribution is 5.58. The molecule has 2 aromatic heterocycles. The van der Waals surface area contributed by atoms with Crippen LogP contribution in [0.15, 0.2) is 22.0 Å². The van der Waals surface area contributed by atoms with Gasteiger partial charge in [0.1, 0.15) is 0 Å². The molecule has 0 aromatic carbocycles. The van der Waals surface area contributed by atoms with Gasteiger partial charge < -0.3 is 0 Å². The van der Waals surface area contributed by atoms with Crippen LogP contribution in [0.4, 0.5) is 0 Å². The maximum absolute atomic E-state index is 11.1. The maximum atomic E-state index is 11.1. The smallest absolute Gasteiger partial charge is 0.261 e. The van der Waals surface area contributed by atoms with Crippen molar-refractivity contribution in [2.24, 2.45) is 0 Å². The Kier molecular flexibility index (Phi) is 1.26. The monoisotopic (exact) mass is 166 g/mol. The molecule has 0 aliphatic heterocycles. The van der Waals surface area contributed by atoms with Crippen LogP contribution in [0.25, 0.3) is 11.2 Å².